The van der Waals surface area contributed by atoms with Crippen molar-refractivity contribution in [3.8, 4) is 51.3 Å². The highest BCUT2D eigenvalue weighted by Gasteiger charge is 2.24. The van der Waals surface area contributed by atoms with Gasteiger partial charge in [0.1, 0.15) is 11.6 Å². The molecule has 2 aromatic heterocycles. The minimum absolute atomic E-state index is 0.595. The molecular weight excluding hydrogens is 805 g/mol. The Morgan fingerprint density at radius 3 is 1.15 bits per heavy atom. The normalized spacial score (nSPS) is 11.9. The molecule has 0 bridgehead atoms. The van der Waals surface area contributed by atoms with E-state index in [1.54, 1.807) is 0 Å². The summed E-state index contributed by atoms with van der Waals surface area (Å²) in [7, 11) is 0. The van der Waals surface area contributed by atoms with Gasteiger partial charge < -0.3 is 0 Å². The number of hydrogen-bond acceptors (Lipinski definition) is 3. The molecule has 0 aliphatic rings. The van der Waals surface area contributed by atoms with Crippen LogP contribution in [0, 0.1) is 17.9 Å². The van der Waals surface area contributed by atoms with Crippen LogP contribution in [0.15, 0.2) is 194 Å². The third kappa shape index (κ3) is 5.04. The number of fused-ring (bicyclic) bond motifs is 6. The molecule has 0 saturated carbocycles. The first-order valence-corrected chi connectivity index (χ1v) is 22.0. The molecule has 0 amide bonds. The van der Waals surface area contributed by atoms with Crippen LogP contribution in [0.2, 0.25) is 0 Å². The molecule has 0 radical (unpaired) electrons. The largest absolute Gasteiger partial charge is 0.292 e. The molecule has 2 heterocycles. The van der Waals surface area contributed by atoms with Crippen LogP contribution in [0.4, 0.5) is 5.69 Å². The van der Waals surface area contributed by atoms with E-state index in [0.717, 1.165) is 88.9 Å². The summed E-state index contributed by atoms with van der Waals surface area (Å²) in [6, 6.07) is 70.2. The summed E-state index contributed by atoms with van der Waals surface area (Å²) < 4.78 is 4.59. The van der Waals surface area contributed by atoms with Crippen LogP contribution < -0.4 is 0 Å². The Hall–Kier alpha value is -9.36. The molecule has 6 nitrogen and oxygen atoms in total. The van der Waals surface area contributed by atoms with Crippen LogP contribution in [-0.4, -0.2) is 19.1 Å². The molecule has 14 aromatic rings. The van der Waals surface area contributed by atoms with Crippen molar-refractivity contribution >= 4 is 92.4 Å². The van der Waals surface area contributed by atoms with Crippen LogP contribution in [-0.2, 0) is 0 Å². The SMILES string of the molecule is [C-]#[N+]c1ccc(-c2nc3c4cccc5ccc6cccc(c6c54)c3n2-c2ccc(-c3ccc(-n4c(-c5ccc(C#N)cc5)nc5c6cccc7ccc8cccc(c8c76)c54)cc3)cc2)cc1. The molecule has 0 fully saturated rings. The van der Waals surface area contributed by atoms with Gasteiger partial charge in [-0.25, -0.2) is 14.8 Å². The molecule has 0 aliphatic heterocycles. The van der Waals surface area contributed by atoms with Crippen molar-refractivity contribution in [2.45, 2.75) is 0 Å². The summed E-state index contributed by atoms with van der Waals surface area (Å²) in [4.78, 5) is 14.6. The van der Waals surface area contributed by atoms with Gasteiger partial charge in [-0.1, -0.05) is 146 Å². The lowest BCUT2D eigenvalue weighted by molar-refractivity contribution is 1.10. The number of nitrogens with zero attached hydrogens (tertiary/aromatic N) is 6. The maximum Gasteiger partial charge on any atom is 0.187 e. The van der Waals surface area contributed by atoms with Crippen molar-refractivity contribution in [3.05, 3.63) is 211 Å². The average molecular weight is 837 g/mol. The van der Waals surface area contributed by atoms with Gasteiger partial charge in [-0.15, -0.1) is 0 Å². The van der Waals surface area contributed by atoms with Gasteiger partial charge in [-0.05, 0) is 103 Å². The van der Waals surface area contributed by atoms with Gasteiger partial charge in [0.2, 0.25) is 0 Å². The highest BCUT2D eigenvalue weighted by molar-refractivity contribution is 6.34. The van der Waals surface area contributed by atoms with Crippen LogP contribution >= 0.6 is 0 Å². The topological polar surface area (TPSA) is 63.8 Å². The van der Waals surface area contributed by atoms with Crippen molar-refractivity contribution < 1.29 is 0 Å². The Balaban J connectivity index is 0.938. The van der Waals surface area contributed by atoms with Crippen molar-refractivity contribution in [2.24, 2.45) is 0 Å². The van der Waals surface area contributed by atoms with Gasteiger partial charge in [0.25, 0.3) is 0 Å². The summed E-state index contributed by atoms with van der Waals surface area (Å²) >= 11 is 0. The zero-order chi connectivity index (χ0) is 43.6. The van der Waals surface area contributed by atoms with Gasteiger partial charge in [0.05, 0.1) is 40.3 Å². The van der Waals surface area contributed by atoms with Crippen molar-refractivity contribution in [1.82, 2.24) is 19.1 Å². The van der Waals surface area contributed by atoms with E-state index in [1.807, 2.05) is 48.5 Å². The molecule has 14 rings (SSSR count). The predicted molar refractivity (Wildman–Crippen MR) is 270 cm³/mol. The fourth-order valence-electron chi connectivity index (χ4n) is 10.7. The second-order valence-electron chi connectivity index (χ2n) is 17.1. The number of nitriles is 1. The van der Waals surface area contributed by atoms with Gasteiger partial charge in [0, 0.05) is 44.0 Å². The molecule has 0 saturated heterocycles. The summed E-state index contributed by atoms with van der Waals surface area (Å²) in [6.45, 7) is 7.59. The lowest BCUT2D eigenvalue weighted by atomic mass is 9.93. The molecule has 0 spiro atoms. The first-order valence-electron chi connectivity index (χ1n) is 22.0. The maximum atomic E-state index is 9.64. The molecule has 0 aliphatic carbocycles. The van der Waals surface area contributed by atoms with E-state index in [4.69, 9.17) is 16.5 Å². The van der Waals surface area contributed by atoms with Gasteiger partial charge in [0.15, 0.2) is 5.69 Å². The minimum atomic E-state index is 0.595. The van der Waals surface area contributed by atoms with Gasteiger partial charge in [-0.3, -0.25) is 9.13 Å². The number of aromatic nitrogens is 4. The summed E-state index contributed by atoms with van der Waals surface area (Å²) in [5, 5.41) is 23.9. The van der Waals surface area contributed by atoms with E-state index >= 15 is 0 Å². The number of benzene rings is 12. The van der Waals surface area contributed by atoms with E-state index in [0.29, 0.717) is 11.3 Å². The molecule has 66 heavy (non-hydrogen) atoms. The van der Waals surface area contributed by atoms with Crippen LogP contribution in [0.3, 0.4) is 0 Å². The molecule has 12 aromatic carbocycles. The second kappa shape index (κ2) is 13.6. The van der Waals surface area contributed by atoms with Gasteiger partial charge in [-0.2, -0.15) is 5.26 Å². The third-order valence-electron chi connectivity index (χ3n) is 13.7. The minimum Gasteiger partial charge on any atom is -0.292 e. The number of imidazole rings is 2. The highest BCUT2D eigenvalue weighted by atomic mass is 15.1. The number of rotatable bonds is 5. The van der Waals surface area contributed by atoms with Gasteiger partial charge >= 0.3 is 0 Å². The quantitative estimate of drug-likeness (QED) is 0.128. The van der Waals surface area contributed by atoms with E-state index < -0.39 is 0 Å². The Labute approximate surface area is 377 Å². The zero-order valence-corrected chi connectivity index (χ0v) is 35.2. The van der Waals surface area contributed by atoms with E-state index in [2.05, 4.69) is 166 Å². The van der Waals surface area contributed by atoms with E-state index in [-0.39, 0.29) is 0 Å². The fourth-order valence-corrected chi connectivity index (χ4v) is 10.7. The fraction of sp³-hybridized carbons (Fsp3) is 0. The smallest absolute Gasteiger partial charge is 0.187 e. The Kier molecular flexibility index (Phi) is 7.43. The molecular formula is C60H32N6. The lowest BCUT2D eigenvalue weighted by Gasteiger charge is -2.16. The monoisotopic (exact) mass is 836 g/mol. The first kappa shape index (κ1) is 36.2. The van der Waals surface area contributed by atoms with E-state index in [1.165, 1.54) is 43.1 Å². The molecule has 6 heteroatoms. The third-order valence-corrected chi connectivity index (χ3v) is 13.7. The Bertz CT molecular complexity index is 4090. The molecule has 302 valence electrons. The summed E-state index contributed by atoms with van der Waals surface area (Å²) in [5.74, 6) is 1.65. The Morgan fingerprint density at radius 2 is 0.758 bits per heavy atom. The first-order chi connectivity index (χ1) is 32.6. The van der Waals surface area contributed by atoms with Crippen molar-refractivity contribution in [1.29, 1.82) is 5.26 Å². The maximum absolute atomic E-state index is 9.64. The Morgan fingerprint density at radius 1 is 0.394 bits per heavy atom. The van der Waals surface area contributed by atoms with Crippen LogP contribution in [0.5, 0.6) is 0 Å². The number of hydrogen-bond donors (Lipinski definition) is 0. The van der Waals surface area contributed by atoms with Crippen LogP contribution in [0.1, 0.15) is 5.56 Å². The van der Waals surface area contributed by atoms with Crippen LogP contribution in [0.25, 0.3) is 137 Å². The zero-order valence-electron chi connectivity index (χ0n) is 35.2. The van der Waals surface area contributed by atoms with Crippen molar-refractivity contribution in [3.63, 3.8) is 0 Å². The molecule has 0 N–H and O–H groups in total. The molecule has 0 atom stereocenters. The highest BCUT2D eigenvalue weighted by Crippen LogP contribution is 2.45. The average Bonchev–Trinajstić information content (AvgIpc) is 3.99. The molecule has 0 unspecified atom stereocenters. The predicted octanol–water partition coefficient (Wildman–Crippen LogP) is 15.6. The lowest BCUT2D eigenvalue weighted by Crippen LogP contribution is -1.99. The standard InChI is InChI=1S/C60H32N6/c1-62-44-28-22-43(23-29-44)60-64-56-48-11-3-7-39-19-21-41-9-5-13-50(54(41)52(39)48)58(56)66(60)46-32-26-37(27-33-46)36-24-30-45(31-25-36)65-57-49-12-4-8-40-20-18-38-6-2-10-47(51(38)53(40)49)55(57)63-59(65)42-16-14-35(34-61)15-17-42/h2-33H. The van der Waals surface area contributed by atoms with Crippen molar-refractivity contribution in [2.75, 3.05) is 0 Å². The van der Waals surface area contributed by atoms with E-state index in [9.17, 15) is 5.26 Å². The summed E-state index contributed by atoms with van der Waals surface area (Å²) in [6.07, 6.45) is 0. The summed E-state index contributed by atoms with van der Waals surface area (Å²) in [5.41, 5.74) is 11.3. The second-order valence-corrected chi connectivity index (χ2v) is 17.1.